The van der Waals surface area contributed by atoms with Gasteiger partial charge in [-0.25, -0.2) is 9.37 Å². The molecule has 4 N–H and O–H groups in total. The minimum Gasteiger partial charge on any atom is -0.461 e. The van der Waals surface area contributed by atoms with Crippen molar-refractivity contribution in [2.45, 2.75) is 12.6 Å². The van der Waals surface area contributed by atoms with E-state index in [1.54, 1.807) is 28.8 Å². The third-order valence-corrected chi connectivity index (χ3v) is 8.89. The van der Waals surface area contributed by atoms with Gasteiger partial charge in [-0.2, -0.15) is 9.50 Å². The number of aromatic nitrogens is 5. The first-order chi connectivity index (χ1) is 21.4. The van der Waals surface area contributed by atoms with Gasteiger partial charge in [-0.15, -0.1) is 5.10 Å². The number of nitrogens with zero attached hydrogens (tertiary/aromatic N) is 7. The number of piperazine rings is 1. The number of furan rings is 1. The Morgan fingerprint density at radius 1 is 1.16 bits per heavy atom. The molecule has 2 fully saturated rings. The van der Waals surface area contributed by atoms with E-state index in [2.05, 4.69) is 30.6 Å². The first-order valence-electron chi connectivity index (χ1n) is 14.4. The molecule has 44 heavy (non-hydrogen) atoms. The summed E-state index contributed by atoms with van der Waals surface area (Å²) in [5, 5.41) is 10.5. The van der Waals surface area contributed by atoms with Gasteiger partial charge < -0.3 is 30.4 Å². The predicted octanol–water partition coefficient (Wildman–Crippen LogP) is 1.02. The van der Waals surface area contributed by atoms with E-state index in [1.165, 1.54) is 16.8 Å². The molecule has 4 aromatic heterocycles. The molecule has 7 rings (SSSR count). The number of benzene rings is 1. The zero-order valence-corrected chi connectivity index (χ0v) is 24.6. The number of rotatable bonds is 8. The van der Waals surface area contributed by atoms with Gasteiger partial charge in [0.15, 0.2) is 17.1 Å². The molecule has 2 aliphatic heterocycles. The van der Waals surface area contributed by atoms with Crippen LogP contribution in [0.1, 0.15) is 10.4 Å². The van der Waals surface area contributed by atoms with Crippen molar-refractivity contribution in [1.82, 2.24) is 39.7 Å². The maximum Gasteiger partial charge on any atom is 0.309 e. The molecule has 1 amide bonds. The Morgan fingerprint density at radius 2 is 2.02 bits per heavy atom. The number of amides is 1. The van der Waals surface area contributed by atoms with Crippen LogP contribution >= 0.6 is 11.3 Å². The molecule has 0 saturated carbocycles. The van der Waals surface area contributed by atoms with E-state index in [1.807, 2.05) is 4.90 Å². The van der Waals surface area contributed by atoms with Gasteiger partial charge in [0, 0.05) is 64.0 Å². The van der Waals surface area contributed by atoms with Crippen LogP contribution in [0.2, 0.25) is 0 Å². The molecule has 1 aromatic carbocycles. The number of morpholine rings is 1. The van der Waals surface area contributed by atoms with Crippen molar-refractivity contribution in [3.63, 3.8) is 0 Å². The molecule has 0 radical (unpaired) electrons. The molecule has 5 aromatic rings. The number of carbonyl (C=O) groups is 1. The van der Waals surface area contributed by atoms with Gasteiger partial charge in [0.1, 0.15) is 10.5 Å². The van der Waals surface area contributed by atoms with Crippen LogP contribution in [0.25, 0.3) is 27.6 Å². The van der Waals surface area contributed by atoms with Crippen molar-refractivity contribution in [3.05, 3.63) is 57.6 Å². The van der Waals surface area contributed by atoms with Gasteiger partial charge in [0.25, 0.3) is 5.91 Å². The molecular formula is C28H31FN10O4S. The fourth-order valence-electron chi connectivity index (χ4n) is 5.56. The average molecular weight is 623 g/mol. The number of thiazole rings is 1. The summed E-state index contributed by atoms with van der Waals surface area (Å²) in [6.07, 6.45) is 1.54. The van der Waals surface area contributed by atoms with E-state index in [0.717, 1.165) is 17.9 Å². The van der Waals surface area contributed by atoms with Gasteiger partial charge >= 0.3 is 4.87 Å². The van der Waals surface area contributed by atoms with E-state index in [0.29, 0.717) is 92.3 Å². The van der Waals surface area contributed by atoms with Crippen LogP contribution in [0.3, 0.4) is 0 Å². The van der Waals surface area contributed by atoms with Crippen molar-refractivity contribution >= 4 is 44.9 Å². The van der Waals surface area contributed by atoms with Crippen LogP contribution < -0.4 is 26.1 Å². The molecule has 2 saturated heterocycles. The monoisotopic (exact) mass is 622 g/mol. The molecule has 6 heterocycles. The first-order valence-corrected chi connectivity index (χ1v) is 15.2. The van der Waals surface area contributed by atoms with Gasteiger partial charge in [0.05, 0.1) is 25.2 Å². The average Bonchev–Trinajstić information content (AvgIpc) is 3.79. The van der Waals surface area contributed by atoms with Gasteiger partial charge in [-0.3, -0.25) is 19.1 Å². The summed E-state index contributed by atoms with van der Waals surface area (Å²) in [5.74, 6) is 0.229. The van der Waals surface area contributed by atoms with Crippen molar-refractivity contribution in [2.75, 3.05) is 69.7 Å². The van der Waals surface area contributed by atoms with Crippen molar-refractivity contribution in [2.24, 2.45) is 0 Å². The van der Waals surface area contributed by atoms with Crippen molar-refractivity contribution < 1.29 is 18.3 Å². The minimum absolute atomic E-state index is 0.0467. The maximum atomic E-state index is 15.1. The van der Waals surface area contributed by atoms with Crippen LogP contribution in [-0.2, 0) is 11.3 Å². The molecule has 0 aliphatic carbocycles. The third kappa shape index (κ3) is 5.52. The maximum absolute atomic E-state index is 15.1. The molecule has 2 aliphatic rings. The summed E-state index contributed by atoms with van der Waals surface area (Å²) < 4.78 is 29.5. The van der Waals surface area contributed by atoms with E-state index in [-0.39, 0.29) is 28.3 Å². The highest BCUT2D eigenvalue weighted by Crippen LogP contribution is 2.26. The Balaban J connectivity index is 0.975. The number of hydrogen-bond donors (Lipinski definition) is 3. The Hall–Kier alpha value is -4.38. The molecule has 1 atom stereocenters. The minimum atomic E-state index is -0.430. The number of hydrogen-bond acceptors (Lipinski definition) is 12. The number of nitrogens with two attached hydrogens (primary N) is 1. The molecule has 0 bridgehead atoms. The normalized spacial score (nSPS) is 17.9. The molecule has 0 spiro atoms. The van der Waals surface area contributed by atoms with Crippen LogP contribution in [0, 0.1) is 5.82 Å². The summed E-state index contributed by atoms with van der Waals surface area (Å²) in [7, 11) is 0. The van der Waals surface area contributed by atoms with Crippen LogP contribution in [0.15, 0.2) is 45.8 Å². The number of ether oxygens (including phenoxy) is 1. The van der Waals surface area contributed by atoms with Crippen LogP contribution in [0.4, 0.5) is 16.0 Å². The molecule has 1 unspecified atom stereocenters. The Labute approximate surface area is 254 Å². The summed E-state index contributed by atoms with van der Waals surface area (Å²) in [6.45, 7) is 5.97. The third-order valence-electron chi connectivity index (χ3n) is 7.93. The van der Waals surface area contributed by atoms with Crippen molar-refractivity contribution in [1.29, 1.82) is 0 Å². The topological polar surface area (TPSA) is 161 Å². The molecule has 16 heteroatoms. The quantitative estimate of drug-likeness (QED) is 0.227. The SMILES string of the molecule is Nc1nc2c(sc(=O)n2CCN2CCN(c3ccc(C(=O)NCC4COCCN4)cc3F)CC2)c2nc(-c3ccco3)nn12. The summed E-state index contributed by atoms with van der Waals surface area (Å²) >= 11 is 1.06. The van der Waals surface area contributed by atoms with Gasteiger partial charge in [0.2, 0.25) is 11.8 Å². The fraction of sp³-hybridized carbons (Fsp3) is 0.393. The standard InChI is InChI=1S/C28H31FN10O4S/c29-19-14-17(26(40)32-15-18-16-42-13-5-31-18)3-4-20(19)37-9-6-36(7-10-37)8-11-38-24-22(44-28(38)41)25-33-23(21-2-1-12-43-21)35-39(25)27(30)34-24/h1-4,12,14,18,31H,5-11,13,15-16H2,(H2,30,34)(H,32,40). The highest BCUT2D eigenvalue weighted by Gasteiger charge is 2.23. The lowest BCUT2D eigenvalue weighted by Gasteiger charge is -2.36. The second-order valence-electron chi connectivity index (χ2n) is 10.7. The van der Waals surface area contributed by atoms with Crippen LogP contribution in [-0.4, -0.2) is 100 Å². The second-order valence-corrected chi connectivity index (χ2v) is 11.7. The highest BCUT2D eigenvalue weighted by molar-refractivity contribution is 7.17. The van der Waals surface area contributed by atoms with Crippen LogP contribution in [0.5, 0.6) is 0 Å². The Kier molecular flexibility index (Phi) is 7.71. The van der Waals surface area contributed by atoms with E-state index in [4.69, 9.17) is 14.9 Å². The highest BCUT2D eigenvalue weighted by atomic mass is 32.1. The number of halogens is 1. The largest absolute Gasteiger partial charge is 0.461 e. The van der Waals surface area contributed by atoms with Gasteiger partial charge in [-0.1, -0.05) is 11.3 Å². The predicted molar refractivity (Wildman–Crippen MR) is 163 cm³/mol. The van der Waals surface area contributed by atoms with E-state index < -0.39 is 5.82 Å². The molecule has 230 valence electrons. The number of carbonyl (C=O) groups excluding carboxylic acids is 1. The number of fused-ring (bicyclic) bond motifs is 3. The second kappa shape index (κ2) is 12.0. The molecular weight excluding hydrogens is 591 g/mol. The summed E-state index contributed by atoms with van der Waals surface area (Å²) in [5.41, 5.74) is 7.86. The summed E-state index contributed by atoms with van der Waals surface area (Å²) in [6, 6.07) is 8.15. The number of nitrogen functional groups attached to an aromatic ring is 1. The Morgan fingerprint density at radius 3 is 2.77 bits per heavy atom. The smallest absolute Gasteiger partial charge is 0.309 e. The molecule has 14 nitrogen and oxygen atoms in total. The fourth-order valence-corrected chi connectivity index (χ4v) is 6.50. The summed E-state index contributed by atoms with van der Waals surface area (Å²) in [4.78, 5) is 38.6. The van der Waals surface area contributed by atoms with E-state index >= 15 is 4.39 Å². The lowest BCUT2D eigenvalue weighted by Crippen LogP contribution is -2.48. The van der Waals surface area contributed by atoms with Crippen molar-refractivity contribution in [3.8, 4) is 11.6 Å². The zero-order chi connectivity index (χ0) is 30.2. The first kappa shape index (κ1) is 28.4. The number of anilines is 2. The van der Waals surface area contributed by atoms with Gasteiger partial charge in [-0.05, 0) is 30.3 Å². The lowest BCUT2D eigenvalue weighted by molar-refractivity contribution is 0.0734. The Bertz CT molecular complexity index is 1860. The number of nitrogens with one attached hydrogen (secondary N) is 2. The zero-order valence-electron chi connectivity index (χ0n) is 23.7. The lowest BCUT2D eigenvalue weighted by atomic mass is 10.1. The van der Waals surface area contributed by atoms with E-state index in [9.17, 15) is 9.59 Å².